The van der Waals surface area contributed by atoms with Gasteiger partial charge in [0.2, 0.25) is 0 Å². The lowest BCUT2D eigenvalue weighted by molar-refractivity contribution is 0.627. The molecule has 0 unspecified atom stereocenters. The zero-order chi connectivity index (χ0) is 13.4. The third-order valence-corrected chi connectivity index (χ3v) is 3.49. The number of fused-ring (bicyclic) bond motifs is 1. The molecule has 0 spiro atoms. The topological polar surface area (TPSA) is 60.9 Å². The Hall–Kier alpha value is -2.17. The molecule has 0 bridgehead atoms. The highest BCUT2D eigenvalue weighted by atomic mass is 19.1. The lowest BCUT2D eigenvalue weighted by Gasteiger charge is -2.17. The van der Waals surface area contributed by atoms with Gasteiger partial charge in [0.15, 0.2) is 5.82 Å². The zero-order valence-electron chi connectivity index (χ0n) is 10.4. The third kappa shape index (κ3) is 2.01. The minimum atomic E-state index is -0.326. The highest BCUT2D eigenvalue weighted by Crippen LogP contribution is 2.21. The van der Waals surface area contributed by atoms with Gasteiger partial charge in [0.1, 0.15) is 5.82 Å². The fourth-order valence-electron chi connectivity index (χ4n) is 2.47. The van der Waals surface area contributed by atoms with Crippen molar-refractivity contribution in [3.63, 3.8) is 0 Å². The Bertz CT molecular complexity index is 676. The Morgan fingerprint density at radius 3 is 2.58 bits per heavy atom. The summed E-state index contributed by atoms with van der Waals surface area (Å²) in [7, 11) is 0. The second-order valence-corrected chi connectivity index (χ2v) is 4.75. The van der Waals surface area contributed by atoms with Gasteiger partial charge in [-0.2, -0.15) is 0 Å². The number of aryl methyl sites for hydroxylation is 1. The molecule has 5 heteroatoms. The average molecular weight is 259 g/mol. The molecule has 1 aromatic heterocycles. The standard InChI is InChI=1S/C14H14FN3O/c15-10-7-5-9(6-8-10)13-17-12-4-2-1-3-11(12)14(19)18(13)16/h5-8H,1-4,16H2. The van der Waals surface area contributed by atoms with Gasteiger partial charge < -0.3 is 5.84 Å². The molecule has 0 fully saturated rings. The number of benzene rings is 1. The molecule has 0 aliphatic heterocycles. The maximum atomic E-state index is 12.9. The molecule has 98 valence electrons. The SMILES string of the molecule is Nn1c(-c2ccc(F)cc2)nc2c(c1=O)CCCC2. The molecule has 1 aliphatic carbocycles. The first kappa shape index (κ1) is 11.9. The average Bonchev–Trinajstić information content (AvgIpc) is 2.44. The third-order valence-electron chi connectivity index (χ3n) is 3.49. The molecule has 1 heterocycles. The molecule has 0 amide bonds. The van der Waals surface area contributed by atoms with E-state index in [-0.39, 0.29) is 11.4 Å². The molecular formula is C14H14FN3O. The Kier molecular flexibility index (Phi) is 2.81. The van der Waals surface area contributed by atoms with E-state index in [1.807, 2.05) is 0 Å². The van der Waals surface area contributed by atoms with E-state index in [2.05, 4.69) is 4.98 Å². The largest absolute Gasteiger partial charge is 0.334 e. The summed E-state index contributed by atoms with van der Waals surface area (Å²) < 4.78 is 14.0. The van der Waals surface area contributed by atoms with E-state index in [0.29, 0.717) is 11.4 Å². The van der Waals surface area contributed by atoms with Gasteiger partial charge in [0.05, 0.1) is 5.69 Å². The number of rotatable bonds is 1. The zero-order valence-corrected chi connectivity index (χ0v) is 10.4. The summed E-state index contributed by atoms with van der Waals surface area (Å²) in [6, 6.07) is 5.83. The maximum absolute atomic E-state index is 12.9. The molecule has 0 atom stereocenters. The first-order chi connectivity index (χ1) is 9.16. The van der Waals surface area contributed by atoms with Gasteiger partial charge >= 0.3 is 0 Å². The molecular weight excluding hydrogens is 245 g/mol. The van der Waals surface area contributed by atoms with Crippen LogP contribution in [-0.2, 0) is 12.8 Å². The number of aromatic nitrogens is 2. The summed E-state index contributed by atoms with van der Waals surface area (Å²) >= 11 is 0. The molecule has 3 rings (SSSR count). The van der Waals surface area contributed by atoms with Crippen molar-refractivity contribution < 1.29 is 4.39 Å². The number of nitrogens with two attached hydrogens (primary N) is 1. The normalized spacial score (nSPS) is 14.2. The second kappa shape index (κ2) is 4.50. The molecule has 0 radical (unpaired) electrons. The second-order valence-electron chi connectivity index (χ2n) is 4.75. The fourth-order valence-corrected chi connectivity index (χ4v) is 2.47. The minimum Gasteiger partial charge on any atom is -0.334 e. The number of nitrogen functional groups attached to an aromatic ring is 1. The van der Waals surface area contributed by atoms with Crippen molar-refractivity contribution in [2.45, 2.75) is 25.7 Å². The van der Waals surface area contributed by atoms with E-state index in [1.54, 1.807) is 12.1 Å². The van der Waals surface area contributed by atoms with Crippen molar-refractivity contribution in [1.29, 1.82) is 0 Å². The molecule has 19 heavy (non-hydrogen) atoms. The summed E-state index contributed by atoms with van der Waals surface area (Å²) in [4.78, 5) is 16.7. The van der Waals surface area contributed by atoms with Crippen LogP contribution in [0.2, 0.25) is 0 Å². The van der Waals surface area contributed by atoms with Crippen molar-refractivity contribution in [2.75, 3.05) is 5.84 Å². The predicted octanol–water partition coefficient (Wildman–Crippen LogP) is 1.64. The van der Waals surface area contributed by atoms with Crippen LogP contribution in [0.15, 0.2) is 29.1 Å². The fraction of sp³-hybridized carbons (Fsp3) is 0.286. The van der Waals surface area contributed by atoms with Gasteiger partial charge in [0, 0.05) is 11.1 Å². The predicted molar refractivity (Wildman–Crippen MR) is 70.7 cm³/mol. The lowest BCUT2D eigenvalue weighted by Crippen LogP contribution is -2.34. The van der Waals surface area contributed by atoms with E-state index in [0.717, 1.165) is 41.6 Å². The molecule has 1 aromatic carbocycles. The smallest absolute Gasteiger partial charge is 0.275 e. The van der Waals surface area contributed by atoms with E-state index in [9.17, 15) is 9.18 Å². The van der Waals surface area contributed by atoms with Crippen molar-refractivity contribution in [3.05, 3.63) is 51.7 Å². The molecule has 4 nitrogen and oxygen atoms in total. The monoisotopic (exact) mass is 259 g/mol. The molecule has 2 aromatic rings. The van der Waals surface area contributed by atoms with Crippen molar-refractivity contribution in [1.82, 2.24) is 9.66 Å². The van der Waals surface area contributed by atoms with Gasteiger partial charge in [-0.1, -0.05) is 0 Å². The summed E-state index contributed by atoms with van der Waals surface area (Å²) in [5.41, 5.74) is 2.01. The lowest BCUT2D eigenvalue weighted by atomic mass is 9.97. The Morgan fingerprint density at radius 2 is 1.84 bits per heavy atom. The van der Waals surface area contributed by atoms with Crippen LogP contribution in [0, 0.1) is 5.82 Å². The van der Waals surface area contributed by atoms with Gasteiger partial charge in [-0.05, 0) is 49.9 Å². The molecule has 0 saturated carbocycles. The first-order valence-corrected chi connectivity index (χ1v) is 6.32. The van der Waals surface area contributed by atoms with Gasteiger partial charge in [-0.25, -0.2) is 14.1 Å². The summed E-state index contributed by atoms with van der Waals surface area (Å²) in [5.74, 6) is 5.89. The van der Waals surface area contributed by atoms with Crippen LogP contribution in [0.25, 0.3) is 11.4 Å². The first-order valence-electron chi connectivity index (χ1n) is 6.32. The Labute approximate surface area is 109 Å². The highest BCUT2D eigenvalue weighted by molar-refractivity contribution is 5.56. The van der Waals surface area contributed by atoms with Crippen molar-refractivity contribution in [3.8, 4) is 11.4 Å². The van der Waals surface area contributed by atoms with Crippen LogP contribution >= 0.6 is 0 Å². The van der Waals surface area contributed by atoms with Crippen LogP contribution in [-0.4, -0.2) is 9.66 Å². The number of halogens is 1. The Morgan fingerprint density at radius 1 is 1.16 bits per heavy atom. The molecule has 0 saturated heterocycles. The van der Waals surface area contributed by atoms with E-state index >= 15 is 0 Å². The van der Waals surface area contributed by atoms with E-state index in [4.69, 9.17) is 5.84 Å². The van der Waals surface area contributed by atoms with Crippen molar-refractivity contribution in [2.24, 2.45) is 0 Å². The highest BCUT2D eigenvalue weighted by Gasteiger charge is 2.18. The van der Waals surface area contributed by atoms with Gasteiger partial charge in [-0.15, -0.1) is 0 Å². The molecule has 1 aliphatic rings. The van der Waals surface area contributed by atoms with Crippen LogP contribution in [0.5, 0.6) is 0 Å². The minimum absolute atomic E-state index is 0.191. The maximum Gasteiger partial charge on any atom is 0.275 e. The van der Waals surface area contributed by atoms with Crippen LogP contribution in [0.4, 0.5) is 4.39 Å². The quantitative estimate of drug-likeness (QED) is 0.792. The van der Waals surface area contributed by atoms with E-state index in [1.165, 1.54) is 12.1 Å². The summed E-state index contributed by atoms with van der Waals surface area (Å²) in [6.07, 6.45) is 3.58. The Balaban J connectivity index is 2.19. The number of hydrogen-bond acceptors (Lipinski definition) is 3. The number of hydrogen-bond donors (Lipinski definition) is 1. The van der Waals surface area contributed by atoms with Crippen LogP contribution in [0.3, 0.4) is 0 Å². The number of nitrogens with zero attached hydrogens (tertiary/aromatic N) is 2. The molecule has 2 N–H and O–H groups in total. The van der Waals surface area contributed by atoms with Gasteiger partial charge in [-0.3, -0.25) is 4.79 Å². The van der Waals surface area contributed by atoms with Gasteiger partial charge in [0.25, 0.3) is 5.56 Å². The van der Waals surface area contributed by atoms with Crippen molar-refractivity contribution >= 4 is 0 Å². The summed E-state index contributed by atoms with van der Waals surface area (Å²) in [6.45, 7) is 0. The van der Waals surface area contributed by atoms with Crippen LogP contribution in [0.1, 0.15) is 24.1 Å². The van der Waals surface area contributed by atoms with E-state index < -0.39 is 0 Å². The summed E-state index contributed by atoms with van der Waals surface area (Å²) in [5, 5.41) is 0. The van der Waals surface area contributed by atoms with Crippen LogP contribution < -0.4 is 11.4 Å².